The maximum Gasteiger partial charge on any atom is 0.0528 e. The molecule has 1 aliphatic carbocycles. The first-order valence-corrected chi connectivity index (χ1v) is 13.1. The highest BCUT2D eigenvalue weighted by atomic mass is 15.1. The Balaban J connectivity index is 2.35. The first-order valence-electron chi connectivity index (χ1n) is 13.1. The Morgan fingerprint density at radius 1 is 0.647 bits per heavy atom. The minimum Gasteiger partial charge on any atom is -0.381 e. The highest BCUT2D eigenvalue weighted by Gasteiger charge is 2.65. The molecular weight excluding hydrogens is 412 g/mol. The summed E-state index contributed by atoms with van der Waals surface area (Å²) in [5, 5.41) is 8.14. The van der Waals surface area contributed by atoms with Gasteiger partial charge in [-0.15, -0.1) is 0 Å². The van der Waals surface area contributed by atoms with Crippen LogP contribution in [-0.4, -0.2) is 12.1 Å². The maximum absolute atomic E-state index is 4.16. The topological polar surface area (TPSA) is 24.1 Å². The molecule has 3 rings (SSSR count). The SMILES string of the molecule is CC(C)C1(C(C)(C)C)C=CC(Nc2ccccc2)C(C(C)C)(C(C)(C)C)C1Nc1ccccc1. The molecule has 4 unspecified atom stereocenters. The predicted molar refractivity (Wildman–Crippen MR) is 150 cm³/mol. The van der Waals surface area contributed by atoms with Crippen LogP contribution in [0.4, 0.5) is 11.4 Å². The Labute approximate surface area is 209 Å². The van der Waals surface area contributed by atoms with E-state index in [1.165, 1.54) is 11.4 Å². The van der Waals surface area contributed by atoms with Crippen molar-refractivity contribution in [2.45, 2.75) is 81.3 Å². The fourth-order valence-corrected chi connectivity index (χ4v) is 7.44. The van der Waals surface area contributed by atoms with Gasteiger partial charge in [0, 0.05) is 28.2 Å². The first-order chi connectivity index (χ1) is 15.8. The molecule has 2 nitrogen and oxygen atoms in total. The molecule has 0 aromatic heterocycles. The standard InChI is InChI=1S/C32H48N2/c1-23(2)31(29(5,6)7)22-21-27(33-25-17-13-11-14-18-25)32(24(3)4,30(8,9)10)28(31)34-26-19-15-12-16-20-26/h11-24,27-28,33-34H,1-10H3. The van der Waals surface area contributed by atoms with Crippen LogP contribution in [0, 0.1) is 33.5 Å². The van der Waals surface area contributed by atoms with E-state index >= 15 is 0 Å². The van der Waals surface area contributed by atoms with Crippen LogP contribution in [-0.2, 0) is 0 Å². The zero-order valence-electron chi connectivity index (χ0n) is 23.2. The molecular formula is C32H48N2. The number of rotatable bonds is 6. The first kappa shape index (κ1) is 26.4. The summed E-state index contributed by atoms with van der Waals surface area (Å²) in [6.45, 7) is 24.3. The molecule has 0 fully saturated rings. The fourth-order valence-electron chi connectivity index (χ4n) is 7.44. The van der Waals surface area contributed by atoms with Crippen molar-refractivity contribution in [3.63, 3.8) is 0 Å². The van der Waals surface area contributed by atoms with E-state index in [4.69, 9.17) is 0 Å². The van der Waals surface area contributed by atoms with Gasteiger partial charge in [0.25, 0.3) is 0 Å². The van der Waals surface area contributed by atoms with Crippen molar-refractivity contribution < 1.29 is 0 Å². The lowest BCUT2D eigenvalue weighted by Gasteiger charge is -2.67. The average Bonchev–Trinajstić information content (AvgIpc) is 2.73. The zero-order chi connectivity index (χ0) is 25.4. The summed E-state index contributed by atoms with van der Waals surface area (Å²) in [5.74, 6) is 0.892. The van der Waals surface area contributed by atoms with Gasteiger partial charge in [0.2, 0.25) is 0 Å². The van der Waals surface area contributed by atoms with Crippen molar-refractivity contribution in [1.82, 2.24) is 0 Å². The van der Waals surface area contributed by atoms with E-state index in [1.807, 2.05) is 0 Å². The Bertz CT molecular complexity index is 946. The molecule has 0 amide bonds. The van der Waals surface area contributed by atoms with Crippen molar-refractivity contribution in [3.8, 4) is 0 Å². The van der Waals surface area contributed by atoms with E-state index in [-0.39, 0.29) is 33.7 Å². The molecule has 0 saturated carbocycles. The van der Waals surface area contributed by atoms with Gasteiger partial charge in [-0.3, -0.25) is 0 Å². The number of hydrogen-bond donors (Lipinski definition) is 2. The summed E-state index contributed by atoms with van der Waals surface area (Å²) >= 11 is 0. The molecule has 4 atom stereocenters. The fraction of sp³-hybridized carbons (Fsp3) is 0.562. The summed E-state index contributed by atoms with van der Waals surface area (Å²) in [7, 11) is 0. The third-order valence-corrected chi connectivity index (χ3v) is 8.72. The van der Waals surface area contributed by atoms with Gasteiger partial charge < -0.3 is 10.6 Å². The monoisotopic (exact) mass is 460 g/mol. The highest BCUT2D eigenvalue weighted by molar-refractivity contribution is 5.51. The largest absolute Gasteiger partial charge is 0.381 e. The molecule has 0 bridgehead atoms. The molecule has 2 N–H and O–H groups in total. The molecule has 2 heteroatoms. The maximum atomic E-state index is 4.16. The molecule has 0 aliphatic heterocycles. The van der Waals surface area contributed by atoms with Gasteiger partial charge in [-0.05, 0) is 46.9 Å². The van der Waals surface area contributed by atoms with Crippen LogP contribution in [0.2, 0.25) is 0 Å². The van der Waals surface area contributed by atoms with Crippen LogP contribution in [0.1, 0.15) is 69.2 Å². The van der Waals surface area contributed by atoms with Gasteiger partial charge >= 0.3 is 0 Å². The van der Waals surface area contributed by atoms with Crippen LogP contribution in [0.25, 0.3) is 0 Å². The number of para-hydroxylation sites is 2. The molecule has 1 aliphatic rings. The second-order valence-electron chi connectivity index (χ2n) is 13.0. The van der Waals surface area contributed by atoms with Gasteiger partial charge in [0.05, 0.1) is 6.04 Å². The van der Waals surface area contributed by atoms with Crippen LogP contribution in [0.3, 0.4) is 0 Å². The quantitative estimate of drug-likeness (QED) is 0.420. The summed E-state index contributed by atoms with van der Waals surface area (Å²) in [6, 6.07) is 21.9. The molecule has 186 valence electrons. The average molecular weight is 461 g/mol. The molecule has 0 spiro atoms. The summed E-state index contributed by atoms with van der Waals surface area (Å²) < 4.78 is 0. The lowest BCUT2D eigenvalue weighted by molar-refractivity contribution is -0.0881. The zero-order valence-corrected chi connectivity index (χ0v) is 23.2. The van der Waals surface area contributed by atoms with Crippen molar-refractivity contribution in [1.29, 1.82) is 0 Å². The second kappa shape index (κ2) is 9.44. The number of benzene rings is 2. The summed E-state index contributed by atoms with van der Waals surface area (Å²) in [4.78, 5) is 0. The van der Waals surface area contributed by atoms with E-state index in [9.17, 15) is 0 Å². The second-order valence-corrected chi connectivity index (χ2v) is 13.0. The minimum atomic E-state index is -0.0784. The Morgan fingerprint density at radius 2 is 1.12 bits per heavy atom. The summed E-state index contributed by atoms with van der Waals surface area (Å²) in [6.07, 6.45) is 5.07. The normalized spacial score (nSPS) is 27.8. The molecule has 2 aromatic carbocycles. The third-order valence-electron chi connectivity index (χ3n) is 8.72. The van der Waals surface area contributed by atoms with E-state index in [1.54, 1.807) is 0 Å². The number of hydrogen-bond acceptors (Lipinski definition) is 2. The van der Waals surface area contributed by atoms with Crippen molar-refractivity contribution in [3.05, 3.63) is 72.8 Å². The molecule has 34 heavy (non-hydrogen) atoms. The predicted octanol–water partition coefficient (Wildman–Crippen LogP) is 8.89. The van der Waals surface area contributed by atoms with E-state index in [0.717, 1.165) is 0 Å². The van der Waals surface area contributed by atoms with Gasteiger partial charge in [-0.1, -0.05) is 118 Å². The minimum absolute atomic E-state index is 0.0240. The molecule has 0 saturated heterocycles. The van der Waals surface area contributed by atoms with Crippen LogP contribution >= 0.6 is 0 Å². The van der Waals surface area contributed by atoms with Crippen molar-refractivity contribution in [2.75, 3.05) is 10.6 Å². The molecule has 0 radical (unpaired) electrons. The van der Waals surface area contributed by atoms with E-state index < -0.39 is 0 Å². The Hall–Kier alpha value is -2.22. The Morgan fingerprint density at radius 3 is 1.50 bits per heavy atom. The van der Waals surface area contributed by atoms with Gasteiger partial charge in [0.15, 0.2) is 0 Å². The smallest absolute Gasteiger partial charge is 0.0528 e. The Kier molecular flexibility index (Phi) is 7.32. The highest BCUT2D eigenvalue weighted by Crippen LogP contribution is 2.64. The summed E-state index contributed by atoms with van der Waals surface area (Å²) in [5.41, 5.74) is 2.34. The van der Waals surface area contributed by atoms with Crippen molar-refractivity contribution in [2.24, 2.45) is 33.5 Å². The number of anilines is 2. The number of nitrogens with one attached hydrogen (secondary N) is 2. The van der Waals surface area contributed by atoms with E-state index in [2.05, 4.69) is 153 Å². The van der Waals surface area contributed by atoms with Crippen LogP contribution in [0.5, 0.6) is 0 Å². The molecule has 2 aromatic rings. The van der Waals surface area contributed by atoms with E-state index in [0.29, 0.717) is 11.8 Å². The lowest BCUT2D eigenvalue weighted by Crippen LogP contribution is -2.71. The lowest BCUT2D eigenvalue weighted by atomic mass is 9.41. The van der Waals surface area contributed by atoms with Gasteiger partial charge in [-0.25, -0.2) is 0 Å². The van der Waals surface area contributed by atoms with Crippen LogP contribution in [0.15, 0.2) is 72.8 Å². The van der Waals surface area contributed by atoms with Crippen LogP contribution < -0.4 is 10.6 Å². The van der Waals surface area contributed by atoms with Gasteiger partial charge in [0.1, 0.15) is 0 Å². The van der Waals surface area contributed by atoms with Crippen molar-refractivity contribution >= 4 is 11.4 Å². The third kappa shape index (κ3) is 4.30. The van der Waals surface area contributed by atoms with Gasteiger partial charge in [-0.2, -0.15) is 0 Å². The molecule has 0 heterocycles.